The third-order valence-corrected chi connectivity index (χ3v) is 4.17. The Labute approximate surface area is 80.1 Å². The zero-order valence-electron chi connectivity index (χ0n) is 7.94. The van der Waals surface area contributed by atoms with Crippen molar-refractivity contribution in [2.24, 2.45) is 17.0 Å². The Balaban J connectivity index is 2.72. The van der Waals surface area contributed by atoms with Crippen molar-refractivity contribution in [2.45, 2.75) is 31.4 Å². The molecule has 1 rings (SSSR count). The highest BCUT2D eigenvalue weighted by Gasteiger charge is 2.41. The second-order valence-corrected chi connectivity index (χ2v) is 5.62. The van der Waals surface area contributed by atoms with E-state index in [0.29, 0.717) is 5.92 Å². The average molecular weight is 203 g/mol. The summed E-state index contributed by atoms with van der Waals surface area (Å²) in [7, 11) is -3.37. The Kier molecular flexibility index (Phi) is 3.14. The highest BCUT2D eigenvalue weighted by molar-refractivity contribution is 7.89. The third kappa shape index (κ3) is 2.81. The summed E-state index contributed by atoms with van der Waals surface area (Å²) in [4.78, 5) is 0. The predicted octanol–water partition coefficient (Wildman–Crippen LogP) is 1.27. The number of rotatable bonds is 5. The fourth-order valence-corrected chi connectivity index (χ4v) is 3.45. The van der Waals surface area contributed by atoms with Gasteiger partial charge in [0.2, 0.25) is 10.0 Å². The second kappa shape index (κ2) is 3.80. The highest BCUT2D eigenvalue weighted by atomic mass is 32.2. The molecule has 3 nitrogen and oxygen atoms in total. The van der Waals surface area contributed by atoms with Crippen LogP contribution < -0.4 is 5.14 Å². The minimum absolute atomic E-state index is 0.0972. The molecule has 4 heteroatoms. The van der Waals surface area contributed by atoms with E-state index < -0.39 is 10.0 Å². The lowest BCUT2D eigenvalue weighted by Crippen LogP contribution is -2.35. The van der Waals surface area contributed by atoms with E-state index in [1.807, 2.05) is 6.92 Å². The minimum atomic E-state index is -3.37. The van der Waals surface area contributed by atoms with Gasteiger partial charge in [0.05, 0.1) is 5.25 Å². The van der Waals surface area contributed by atoms with Crippen molar-refractivity contribution in [3.8, 4) is 0 Å². The molecule has 0 aliphatic heterocycles. The number of allylic oxidation sites excluding steroid dienone is 1. The van der Waals surface area contributed by atoms with Crippen molar-refractivity contribution in [3.63, 3.8) is 0 Å². The molecule has 1 saturated carbocycles. The molecule has 0 radical (unpaired) electrons. The van der Waals surface area contributed by atoms with Gasteiger partial charge in [-0.25, -0.2) is 13.6 Å². The number of hydrogen-bond acceptors (Lipinski definition) is 2. The van der Waals surface area contributed by atoms with E-state index in [4.69, 9.17) is 5.14 Å². The summed E-state index contributed by atoms with van der Waals surface area (Å²) in [5.74, 6) is 0.393. The summed E-state index contributed by atoms with van der Waals surface area (Å²) in [5.41, 5.74) is 0. The Hall–Kier alpha value is -0.350. The Morgan fingerprint density at radius 1 is 1.62 bits per heavy atom. The van der Waals surface area contributed by atoms with Crippen LogP contribution in [0.3, 0.4) is 0 Å². The zero-order chi connectivity index (χ0) is 10.1. The van der Waals surface area contributed by atoms with Crippen molar-refractivity contribution < 1.29 is 8.42 Å². The Bertz CT molecular complexity index is 280. The molecule has 0 aromatic heterocycles. The Morgan fingerprint density at radius 3 is 2.46 bits per heavy atom. The fourth-order valence-electron chi connectivity index (χ4n) is 1.88. The van der Waals surface area contributed by atoms with E-state index in [1.54, 1.807) is 6.08 Å². The van der Waals surface area contributed by atoms with Gasteiger partial charge in [-0.05, 0) is 31.1 Å². The van der Waals surface area contributed by atoms with Gasteiger partial charge >= 0.3 is 0 Å². The van der Waals surface area contributed by atoms with Gasteiger partial charge < -0.3 is 0 Å². The van der Waals surface area contributed by atoms with Crippen LogP contribution >= 0.6 is 0 Å². The molecule has 1 fully saturated rings. The van der Waals surface area contributed by atoms with Crippen LogP contribution in [0.1, 0.15) is 26.2 Å². The molecule has 0 bridgehead atoms. The van der Waals surface area contributed by atoms with Crippen LogP contribution in [0.25, 0.3) is 0 Å². The second-order valence-electron chi connectivity index (χ2n) is 3.89. The molecule has 0 amide bonds. The molecule has 2 atom stereocenters. The van der Waals surface area contributed by atoms with Crippen molar-refractivity contribution >= 4 is 10.0 Å². The first-order valence-electron chi connectivity index (χ1n) is 4.59. The number of sulfonamides is 1. The van der Waals surface area contributed by atoms with Crippen LogP contribution in [0, 0.1) is 11.8 Å². The largest absolute Gasteiger partial charge is 0.228 e. The van der Waals surface area contributed by atoms with Crippen molar-refractivity contribution in [1.29, 1.82) is 0 Å². The van der Waals surface area contributed by atoms with Gasteiger partial charge in [0, 0.05) is 0 Å². The number of nitrogens with two attached hydrogens (primary N) is 1. The summed E-state index contributed by atoms with van der Waals surface area (Å²) in [6.45, 7) is 5.53. The summed E-state index contributed by atoms with van der Waals surface area (Å²) in [5, 5.41) is 4.83. The SMILES string of the molecule is C=CC[C@@H](C)[C@@H](C1CC1)S(N)(=O)=O. The van der Waals surface area contributed by atoms with Crippen LogP contribution in [0.5, 0.6) is 0 Å². The average Bonchev–Trinajstić information content (AvgIpc) is 2.68. The van der Waals surface area contributed by atoms with Crippen molar-refractivity contribution in [2.75, 3.05) is 0 Å². The normalized spacial score (nSPS) is 22.3. The molecule has 0 saturated heterocycles. The molecule has 0 aromatic carbocycles. The maximum absolute atomic E-state index is 11.3. The molecule has 76 valence electrons. The lowest BCUT2D eigenvalue weighted by molar-refractivity contribution is 0.478. The lowest BCUT2D eigenvalue weighted by atomic mass is 10.0. The van der Waals surface area contributed by atoms with Gasteiger partial charge in [-0.1, -0.05) is 13.0 Å². The molecule has 0 spiro atoms. The van der Waals surface area contributed by atoms with Crippen molar-refractivity contribution in [1.82, 2.24) is 0 Å². The van der Waals surface area contributed by atoms with E-state index >= 15 is 0 Å². The molecular formula is C9H17NO2S. The van der Waals surface area contributed by atoms with Gasteiger partial charge in [-0.15, -0.1) is 6.58 Å². The molecule has 0 aromatic rings. The van der Waals surface area contributed by atoms with Crippen molar-refractivity contribution in [3.05, 3.63) is 12.7 Å². The summed E-state index contributed by atoms with van der Waals surface area (Å²) < 4.78 is 22.5. The molecule has 2 N–H and O–H groups in total. The molecule has 1 aliphatic rings. The first kappa shape index (κ1) is 10.7. The van der Waals surface area contributed by atoms with Gasteiger partial charge in [-0.2, -0.15) is 0 Å². The maximum atomic E-state index is 11.3. The van der Waals surface area contributed by atoms with Crippen LogP contribution in [-0.2, 0) is 10.0 Å². The van der Waals surface area contributed by atoms with Crippen LogP contribution in [0.4, 0.5) is 0 Å². The van der Waals surface area contributed by atoms with Gasteiger partial charge in [0.1, 0.15) is 0 Å². The smallest absolute Gasteiger partial charge is 0.212 e. The summed E-state index contributed by atoms with van der Waals surface area (Å²) in [6.07, 6.45) is 4.48. The maximum Gasteiger partial charge on any atom is 0.212 e. The topological polar surface area (TPSA) is 60.2 Å². The van der Waals surface area contributed by atoms with E-state index in [0.717, 1.165) is 19.3 Å². The molecule has 1 aliphatic carbocycles. The quantitative estimate of drug-likeness (QED) is 0.684. The van der Waals surface area contributed by atoms with Crippen LogP contribution in [0.2, 0.25) is 0 Å². The van der Waals surface area contributed by atoms with Gasteiger partial charge in [0.15, 0.2) is 0 Å². The highest BCUT2D eigenvalue weighted by Crippen LogP contribution is 2.39. The van der Waals surface area contributed by atoms with Crippen LogP contribution in [0.15, 0.2) is 12.7 Å². The number of hydrogen-bond donors (Lipinski definition) is 1. The summed E-state index contributed by atoms with van der Waals surface area (Å²) >= 11 is 0. The van der Waals surface area contributed by atoms with Crippen LogP contribution in [-0.4, -0.2) is 13.7 Å². The number of primary sulfonamides is 1. The summed E-state index contributed by atoms with van der Waals surface area (Å²) in [6, 6.07) is 0. The van der Waals surface area contributed by atoms with E-state index in [2.05, 4.69) is 6.58 Å². The van der Waals surface area contributed by atoms with E-state index in [9.17, 15) is 8.42 Å². The fraction of sp³-hybridized carbons (Fsp3) is 0.778. The molecule has 0 heterocycles. The zero-order valence-corrected chi connectivity index (χ0v) is 8.76. The molecule has 13 heavy (non-hydrogen) atoms. The monoisotopic (exact) mass is 203 g/mol. The van der Waals surface area contributed by atoms with E-state index in [-0.39, 0.29) is 11.2 Å². The standard InChI is InChI=1S/C9H17NO2S/c1-3-4-7(2)9(8-5-6-8)13(10,11)12/h3,7-9H,1,4-6H2,2H3,(H2,10,11,12)/t7-,9+/m1/s1. The molecular weight excluding hydrogens is 186 g/mol. The van der Waals surface area contributed by atoms with Gasteiger partial charge in [0.25, 0.3) is 0 Å². The lowest BCUT2D eigenvalue weighted by Gasteiger charge is -2.20. The first-order valence-corrected chi connectivity index (χ1v) is 6.20. The minimum Gasteiger partial charge on any atom is -0.228 e. The first-order chi connectivity index (χ1) is 5.96. The Morgan fingerprint density at radius 2 is 2.15 bits per heavy atom. The molecule has 0 unspecified atom stereocenters. The van der Waals surface area contributed by atoms with E-state index in [1.165, 1.54) is 0 Å². The predicted molar refractivity (Wildman–Crippen MR) is 53.6 cm³/mol. The third-order valence-electron chi connectivity index (χ3n) is 2.57. The van der Waals surface area contributed by atoms with Gasteiger partial charge in [-0.3, -0.25) is 0 Å².